The van der Waals surface area contributed by atoms with Crippen molar-refractivity contribution >= 4 is 29.7 Å². The standard InChI is InChI=1S/C22H22O6S/c1-15(23)28-20-12-18(13-26-21(24)16-8-4-2-5-9-16)19(29-20)14-27-22(25)17-10-6-3-7-11-17/h2-11,18-20H,12-14H2,1H3/t18-,19-,20?/m1/s1. The number of benzene rings is 2. The molecule has 0 amide bonds. The Kier molecular flexibility index (Phi) is 7.30. The largest absolute Gasteiger partial charge is 0.462 e. The molecule has 2 aromatic carbocycles. The van der Waals surface area contributed by atoms with Gasteiger partial charge in [-0.05, 0) is 24.3 Å². The Morgan fingerprint density at radius 1 is 0.862 bits per heavy atom. The normalized spacial score (nSPS) is 20.7. The highest BCUT2D eigenvalue weighted by atomic mass is 32.2. The molecule has 0 radical (unpaired) electrons. The number of ether oxygens (including phenoxy) is 3. The van der Waals surface area contributed by atoms with Crippen molar-refractivity contribution in [2.24, 2.45) is 5.92 Å². The molecule has 6 nitrogen and oxygen atoms in total. The molecule has 0 N–H and O–H groups in total. The molecule has 1 unspecified atom stereocenters. The zero-order valence-electron chi connectivity index (χ0n) is 16.0. The maximum absolute atomic E-state index is 12.2. The first kappa shape index (κ1) is 20.9. The number of carbonyl (C=O) groups excluding carboxylic acids is 3. The number of hydrogen-bond donors (Lipinski definition) is 0. The fourth-order valence-electron chi connectivity index (χ4n) is 3.03. The molecule has 1 heterocycles. The predicted molar refractivity (Wildman–Crippen MR) is 108 cm³/mol. The first-order chi connectivity index (χ1) is 14.0. The van der Waals surface area contributed by atoms with Crippen molar-refractivity contribution in [3.8, 4) is 0 Å². The lowest BCUT2D eigenvalue weighted by Gasteiger charge is -2.18. The van der Waals surface area contributed by atoms with Gasteiger partial charge < -0.3 is 14.2 Å². The van der Waals surface area contributed by atoms with E-state index in [4.69, 9.17) is 14.2 Å². The SMILES string of the molecule is CC(=O)OC1C[C@H](COC(=O)c2ccccc2)[C@@H](COC(=O)c2ccccc2)S1. The zero-order valence-corrected chi connectivity index (χ0v) is 16.8. The smallest absolute Gasteiger partial charge is 0.338 e. The average Bonchev–Trinajstić information content (AvgIpc) is 3.12. The number of hydrogen-bond acceptors (Lipinski definition) is 7. The summed E-state index contributed by atoms with van der Waals surface area (Å²) in [4.78, 5) is 35.7. The van der Waals surface area contributed by atoms with Gasteiger partial charge in [-0.3, -0.25) is 4.79 Å². The van der Waals surface area contributed by atoms with Crippen LogP contribution in [0.15, 0.2) is 60.7 Å². The molecule has 152 valence electrons. The highest BCUT2D eigenvalue weighted by molar-refractivity contribution is 8.00. The van der Waals surface area contributed by atoms with Crippen molar-refractivity contribution in [3.05, 3.63) is 71.8 Å². The number of esters is 3. The van der Waals surface area contributed by atoms with Gasteiger partial charge in [-0.15, -0.1) is 11.8 Å². The maximum Gasteiger partial charge on any atom is 0.338 e. The first-order valence-electron chi connectivity index (χ1n) is 9.30. The number of thioether (sulfide) groups is 1. The monoisotopic (exact) mass is 414 g/mol. The number of carbonyl (C=O) groups is 3. The van der Waals surface area contributed by atoms with E-state index < -0.39 is 11.9 Å². The van der Waals surface area contributed by atoms with E-state index in [0.717, 1.165) is 0 Å². The molecule has 3 atom stereocenters. The summed E-state index contributed by atoms with van der Waals surface area (Å²) >= 11 is 1.42. The summed E-state index contributed by atoms with van der Waals surface area (Å²) in [7, 11) is 0. The molecule has 7 heteroatoms. The third kappa shape index (κ3) is 6.09. The fraction of sp³-hybridized carbons (Fsp3) is 0.318. The molecule has 0 spiro atoms. The van der Waals surface area contributed by atoms with Gasteiger partial charge in [0.05, 0.1) is 17.7 Å². The summed E-state index contributed by atoms with van der Waals surface area (Å²) in [5.41, 5.74) is 0.592. The van der Waals surface area contributed by atoms with Crippen molar-refractivity contribution in [2.45, 2.75) is 24.0 Å². The highest BCUT2D eigenvalue weighted by Gasteiger charge is 2.38. The van der Waals surface area contributed by atoms with E-state index in [1.807, 2.05) is 12.1 Å². The minimum absolute atomic E-state index is 0.0967. The molecule has 1 aliphatic heterocycles. The molecule has 0 saturated carbocycles. The van der Waals surface area contributed by atoms with Crippen LogP contribution in [0.2, 0.25) is 0 Å². The van der Waals surface area contributed by atoms with Crippen LogP contribution in [0.5, 0.6) is 0 Å². The molecule has 0 bridgehead atoms. The lowest BCUT2D eigenvalue weighted by molar-refractivity contribution is -0.142. The Balaban J connectivity index is 1.58. The third-order valence-electron chi connectivity index (χ3n) is 4.47. The molecule has 1 aliphatic rings. The Morgan fingerprint density at radius 2 is 1.38 bits per heavy atom. The van der Waals surface area contributed by atoms with Gasteiger partial charge >= 0.3 is 17.9 Å². The third-order valence-corrected chi connectivity index (χ3v) is 5.93. The first-order valence-corrected chi connectivity index (χ1v) is 10.2. The van der Waals surface area contributed by atoms with Crippen molar-refractivity contribution < 1.29 is 28.6 Å². The minimum atomic E-state index is -0.415. The quantitative estimate of drug-likeness (QED) is 0.505. The highest BCUT2D eigenvalue weighted by Crippen LogP contribution is 2.39. The molecule has 29 heavy (non-hydrogen) atoms. The van der Waals surface area contributed by atoms with Crippen LogP contribution in [0.4, 0.5) is 0 Å². The van der Waals surface area contributed by atoms with Gasteiger partial charge in [-0.1, -0.05) is 36.4 Å². The Hall–Kier alpha value is -2.80. The van der Waals surface area contributed by atoms with Crippen LogP contribution in [0, 0.1) is 5.92 Å². The topological polar surface area (TPSA) is 78.9 Å². The van der Waals surface area contributed by atoms with Crippen molar-refractivity contribution in [2.75, 3.05) is 13.2 Å². The molecule has 0 aliphatic carbocycles. The lowest BCUT2D eigenvalue weighted by atomic mass is 10.0. The second kappa shape index (κ2) is 10.1. The minimum Gasteiger partial charge on any atom is -0.462 e. The molecular formula is C22H22O6S. The van der Waals surface area contributed by atoms with Crippen LogP contribution in [0.1, 0.15) is 34.1 Å². The molecule has 1 saturated heterocycles. The zero-order chi connectivity index (χ0) is 20.6. The molecule has 0 aromatic heterocycles. The van der Waals surface area contributed by atoms with E-state index in [9.17, 15) is 14.4 Å². The molecular weight excluding hydrogens is 392 g/mol. The fourth-order valence-corrected chi connectivity index (χ4v) is 4.53. The summed E-state index contributed by atoms with van der Waals surface area (Å²) in [6.45, 7) is 1.66. The summed E-state index contributed by atoms with van der Waals surface area (Å²) < 4.78 is 16.2. The van der Waals surface area contributed by atoms with Crippen LogP contribution >= 0.6 is 11.8 Å². The Bertz CT molecular complexity index is 775. The van der Waals surface area contributed by atoms with Crippen LogP contribution < -0.4 is 0 Å². The van der Waals surface area contributed by atoms with Gasteiger partial charge in [-0.25, -0.2) is 9.59 Å². The lowest BCUT2D eigenvalue weighted by Crippen LogP contribution is -2.25. The second-order valence-electron chi connectivity index (χ2n) is 6.64. The van der Waals surface area contributed by atoms with Crippen molar-refractivity contribution in [1.29, 1.82) is 0 Å². The maximum atomic E-state index is 12.2. The second-order valence-corrected chi connectivity index (χ2v) is 8.04. The van der Waals surface area contributed by atoms with E-state index in [-0.39, 0.29) is 35.8 Å². The van der Waals surface area contributed by atoms with Crippen molar-refractivity contribution in [3.63, 3.8) is 0 Å². The summed E-state index contributed by atoms with van der Waals surface area (Å²) in [5.74, 6) is -1.29. The van der Waals surface area contributed by atoms with Gasteiger partial charge in [0.2, 0.25) is 0 Å². The van der Waals surface area contributed by atoms with Crippen LogP contribution in [-0.4, -0.2) is 41.8 Å². The van der Waals surface area contributed by atoms with Gasteiger partial charge in [0, 0.05) is 24.5 Å². The van der Waals surface area contributed by atoms with Gasteiger partial charge in [0.15, 0.2) is 0 Å². The van der Waals surface area contributed by atoms with E-state index in [1.54, 1.807) is 48.5 Å². The Labute approximate surface area is 173 Å². The van der Waals surface area contributed by atoms with Crippen molar-refractivity contribution in [1.82, 2.24) is 0 Å². The summed E-state index contributed by atoms with van der Waals surface area (Å²) in [5, 5.41) is -0.143. The summed E-state index contributed by atoms with van der Waals surface area (Å²) in [6, 6.07) is 17.5. The van der Waals surface area contributed by atoms with E-state index in [1.165, 1.54) is 18.7 Å². The number of rotatable bonds is 7. The molecule has 3 rings (SSSR count). The van der Waals surface area contributed by atoms with Gasteiger partial charge in [0.25, 0.3) is 0 Å². The molecule has 1 fully saturated rings. The van der Waals surface area contributed by atoms with E-state index >= 15 is 0 Å². The van der Waals surface area contributed by atoms with Crippen LogP contribution in [0.3, 0.4) is 0 Å². The van der Waals surface area contributed by atoms with Gasteiger partial charge in [0.1, 0.15) is 12.0 Å². The van der Waals surface area contributed by atoms with E-state index in [0.29, 0.717) is 17.5 Å². The summed E-state index contributed by atoms with van der Waals surface area (Å²) in [6.07, 6.45) is 0.528. The van der Waals surface area contributed by atoms with Crippen LogP contribution in [0.25, 0.3) is 0 Å². The predicted octanol–water partition coefficient (Wildman–Crippen LogP) is 3.71. The van der Waals surface area contributed by atoms with E-state index in [2.05, 4.69) is 0 Å². The molecule has 2 aromatic rings. The van der Waals surface area contributed by atoms with Crippen LogP contribution in [-0.2, 0) is 19.0 Å². The van der Waals surface area contributed by atoms with Gasteiger partial charge in [-0.2, -0.15) is 0 Å². The average molecular weight is 414 g/mol. The Morgan fingerprint density at radius 3 is 1.90 bits per heavy atom.